The number of imidazole rings is 1. The van der Waals surface area contributed by atoms with E-state index in [1.807, 2.05) is 34.9 Å². The minimum Gasteiger partial charge on any atom is -0.496 e. The Morgan fingerprint density at radius 1 is 1.15 bits per heavy atom. The molecule has 4 N–H and O–H groups in total. The summed E-state index contributed by atoms with van der Waals surface area (Å²) in [7, 11) is 1.67. The van der Waals surface area contributed by atoms with Crippen LogP contribution < -0.4 is 15.8 Å². The summed E-state index contributed by atoms with van der Waals surface area (Å²) >= 11 is 0. The number of aromatic nitrogens is 4. The Balaban J connectivity index is 1.45. The van der Waals surface area contributed by atoms with Crippen molar-refractivity contribution in [3.8, 4) is 16.9 Å². The lowest BCUT2D eigenvalue weighted by molar-refractivity contribution is -0.0197. The first kappa shape index (κ1) is 21.2. The third-order valence-electron chi connectivity index (χ3n) is 5.91. The average molecular weight is 447 g/mol. The third kappa shape index (κ3) is 4.08. The fourth-order valence-electron chi connectivity index (χ4n) is 4.21. The molecule has 2 aromatic carbocycles. The fourth-order valence-corrected chi connectivity index (χ4v) is 4.21. The largest absolute Gasteiger partial charge is 0.496 e. The maximum atomic E-state index is 9.50. The Labute approximate surface area is 191 Å². The highest BCUT2D eigenvalue weighted by molar-refractivity contribution is 5.84. The molecular formula is C24H26N6O3. The van der Waals surface area contributed by atoms with Crippen molar-refractivity contribution in [2.75, 3.05) is 24.8 Å². The molecule has 2 aromatic heterocycles. The molecule has 0 aliphatic carbocycles. The molecule has 0 spiro atoms. The van der Waals surface area contributed by atoms with Gasteiger partial charge in [-0.2, -0.15) is 0 Å². The van der Waals surface area contributed by atoms with Gasteiger partial charge in [-0.15, -0.1) is 0 Å². The van der Waals surface area contributed by atoms with E-state index in [2.05, 4.69) is 38.5 Å². The van der Waals surface area contributed by atoms with Crippen LogP contribution in [0.1, 0.15) is 24.6 Å². The zero-order chi connectivity index (χ0) is 22.8. The summed E-state index contributed by atoms with van der Waals surface area (Å²) in [5.74, 6) is 1.67. The Kier molecular flexibility index (Phi) is 5.80. The smallest absolute Gasteiger partial charge is 0.207 e. The normalized spacial score (nSPS) is 18.0. The van der Waals surface area contributed by atoms with Crippen LogP contribution in [0.3, 0.4) is 0 Å². The van der Waals surface area contributed by atoms with E-state index in [0.29, 0.717) is 29.5 Å². The number of ether oxygens (including phenoxy) is 2. The lowest BCUT2D eigenvalue weighted by atomic mass is 10.0. The molecule has 1 saturated heterocycles. The molecule has 1 aliphatic rings. The van der Waals surface area contributed by atoms with Gasteiger partial charge < -0.3 is 25.6 Å². The quantitative estimate of drug-likeness (QED) is 0.395. The van der Waals surface area contributed by atoms with E-state index in [1.54, 1.807) is 7.11 Å². The molecule has 3 heterocycles. The van der Waals surface area contributed by atoms with Gasteiger partial charge in [0.1, 0.15) is 18.3 Å². The van der Waals surface area contributed by atoms with E-state index in [0.717, 1.165) is 35.3 Å². The van der Waals surface area contributed by atoms with Gasteiger partial charge in [0.25, 0.3) is 0 Å². The summed E-state index contributed by atoms with van der Waals surface area (Å²) in [6.07, 6.45) is 2.42. The first-order valence-corrected chi connectivity index (χ1v) is 10.9. The number of nitrogen functional groups attached to an aromatic ring is 1. The van der Waals surface area contributed by atoms with Gasteiger partial charge in [0.15, 0.2) is 17.0 Å². The Hall–Kier alpha value is -3.69. The molecule has 0 unspecified atom stereocenters. The zero-order valence-corrected chi connectivity index (χ0v) is 18.3. The van der Waals surface area contributed by atoms with E-state index in [-0.39, 0.29) is 18.9 Å². The van der Waals surface area contributed by atoms with Crippen LogP contribution in [0.4, 0.5) is 11.8 Å². The molecule has 1 fully saturated rings. The summed E-state index contributed by atoms with van der Waals surface area (Å²) in [6.45, 7) is 0.457. The van der Waals surface area contributed by atoms with Crippen LogP contribution in [-0.4, -0.2) is 44.4 Å². The van der Waals surface area contributed by atoms with Crippen LogP contribution in [0.2, 0.25) is 0 Å². The van der Waals surface area contributed by atoms with Gasteiger partial charge in [0.2, 0.25) is 5.95 Å². The Morgan fingerprint density at radius 3 is 2.76 bits per heavy atom. The highest BCUT2D eigenvalue weighted by Gasteiger charge is 2.30. The summed E-state index contributed by atoms with van der Waals surface area (Å²) in [6, 6.07) is 16.3. The lowest BCUT2D eigenvalue weighted by Crippen LogP contribution is -2.17. The number of aliphatic hydroxyl groups is 1. The molecule has 0 amide bonds. The van der Waals surface area contributed by atoms with Crippen LogP contribution >= 0.6 is 0 Å². The number of nitrogens with two attached hydrogens (primary N) is 1. The SMILES string of the molecule is COc1cc(-c2ccccc2)ccc1CNc1nc2c(N)ncnc2n1[C@H]1CC[C@@H](CO)O1. The minimum atomic E-state index is -0.300. The van der Waals surface area contributed by atoms with Crippen LogP contribution in [0.25, 0.3) is 22.3 Å². The first-order valence-electron chi connectivity index (χ1n) is 10.9. The second kappa shape index (κ2) is 9.05. The fraction of sp³-hybridized carbons (Fsp3) is 0.292. The molecule has 9 nitrogen and oxygen atoms in total. The van der Waals surface area contributed by atoms with Crippen molar-refractivity contribution in [1.29, 1.82) is 0 Å². The molecule has 4 aromatic rings. The first-order chi connectivity index (χ1) is 16.2. The number of benzene rings is 2. The van der Waals surface area contributed by atoms with Crippen molar-refractivity contribution in [3.05, 3.63) is 60.4 Å². The van der Waals surface area contributed by atoms with E-state index >= 15 is 0 Å². The number of fused-ring (bicyclic) bond motifs is 1. The minimum absolute atomic E-state index is 0.0199. The number of rotatable bonds is 7. The monoisotopic (exact) mass is 446 g/mol. The summed E-state index contributed by atoms with van der Waals surface area (Å²) in [5.41, 5.74) is 10.4. The lowest BCUT2D eigenvalue weighted by Gasteiger charge is -2.18. The van der Waals surface area contributed by atoms with Gasteiger partial charge in [-0.05, 0) is 30.0 Å². The van der Waals surface area contributed by atoms with Crippen molar-refractivity contribution in [1.82, 2.24) is 19.5 Å². The van der Waals surface area contributed by atoms with Crippen molar-refractivity contribution in [2.45, 2.75) is 31.7 Å². The molecule has 170 valence electrons. The number of nitrogens with one attached hydrogen (secondary N) is 1. The van der Waals surface area contributed by atoms with Gasteiger partial charge in [0.05, 0.1) is 19.8 Å². The van der Waals surface area contributed by atoms with Gasteiger partial charge in [-0.25, -0.2) is 15.0 Å². The van der Waals surface area contributed by atoms with Gasteiger partial charge in [0, 0.05) is 12.1 Å². The highest BCUT2D eigenvalue weighted by atomic mass is 16.5. The number of anilines is 2. The van der Waals surface area contributed by atoms with Gasteiger partial charge in [-0.1, -0.05) is 42.5 Å². The van der Waals surface area contributed by atoms with E-state index in [9.17, 15) is 5.11 Å². The number of hydrogen-bond donors (Lipinski definition) is 3. The number of hydrogen-bond acceptors (Lipinski definition) is 8. The maximum absolute atomic E-state index is 9.50. The Bertz CT molecular complexity index is 1260. The van der Waals surface area contributed by atoms with E-state index in [1.165, 1.54) is 6.33 Å². The van der Waals surface area contributed by atoms with Crippen molar-refractivity contribution >= 4 is 22.9 Å². The van der Waals surface area contributed by atoms with Crippen LogP contribution in [0.15, 0.2) is 54.9 Å². The van der Waals surface area contributed by atoms with E-state index in [4.69, 9.17) is 15.2 Å². The summed E-state index contributed by atoms with van der Waals surface area (Å²) in [5, 5.41) is 12.9. The summed E-state index contributed by atoms with van der Waals surface area (Å²) < 4.78 is 13.6. The molecule has 33 heavy (non-hydrogen) atoms. The Morgan fingerprint density at radius 2 is 2.00 bits per heavy atom. The predicted molar refractivity (Wildman–Crippen MR) is 126 cm³/mol. The molecule has 2 atom stereocenters. The van der Waals surface area contributed by atoms with Crippen molar-refractivity contribution < 1.29 is 14.6 Å². The average Bonchev–Trinajstić information content (AvgIpc) is 3.48. The van der Waals surface area contributed by atoms with Crippen LogP contribution in [-0.2, 0) is 11.3 Å². The zero-order valence-electron chi connectivity index (χ0n) is 18.3. The van der Waals surface area contributed by atoms with Crippen LogP contribution in [0.5, 0.6) is 5.75 Å². The molecule has 9 heteroatoms. The van der Waals surface area contributed by atoms with Gasteiger partial charge >= 0.3 is 0 Å². The maximum Gasteiger partial charge on any atom is 0.207 e. The number of aliphatic hydroxyl groups excluding tert-OH is 1. The topological polar surface area (TPSA) is 120 Å². The molecular weight excluding hydrogens is 420 g/mol. The van der Waals surface area contributed by atoms with Crippen molar-refractivity contribution in [3.63, 3.8) is 0 Å². The number of methoxy groups -OCH3 is 1. The number of nitrogens with zero attached hydrogens (tertiary/aromatic N) is 4. The second-order valence-corrected chi connectivity index (χ2v) is 7.96. The predicted octanol–water partition coefficient (Wildman–Crippen LogP) is 3.37. The molecule has 5 rings (SSSR count). The van der Waals surface area contributed by atoms with Crippen molar-refractivity contribution in [2.24, 2.45) is 0 Å². The van der Waals surface area contributed by atoms with Crippen LogP contribution in [0, 0.1) is 0 Å². The highest BCUT2D eigenvalue weighted by Crippen LogP contribution is 2.35. The summed E-state index contributed by atoms with van der Waals surface area (Å²) in [4.78, 5) is 13.1. The third-order valence-corrected chi connectivity index (χ3v) is 5.91. The standard InChI is InChI=1S/C24H26N6O3/c1-32-19-11-16(15-5-3-2-4-6-15)7-8-17(19)12-26-24-29-21-22(25)27-14-28-23(21)30(24)20-10-9-18(13-31)33-20/h2-8,11,14,18,20,31H,9-10,12-13H2,1H3,(H,26,29)(H2,25,27,28)/t18-,20+/m0/s1. The van der Waals surface area contributed by atoms with E-state index < -0.39 is 0 Å². The molecule has 0 radical (unpaired) electrons. The second-order valence-electron chi connectivity index (χ2n) is 7.96. The molecule has 0 bridgehead atoms. The molecule has 0 saturated carbocycles. The molecule has 1 aliphatic heterocycles. The van der Waals surface area contributed by atoms with Gasteiger partial charge in [-0.3, -0.25) is 4.57 Å².